The lowest BCUT2D eigenvalue weighted by atomic mass is 9.65. The van der Waals surface area contributed by atoms with E-state index in [0.717, 1.165) is 28.0 Å². The molecule has 0 saturated heterocycles. The van der Waals surface area contributed by atoms with E-state index in [9.17, 15) is 4.79 Å². The van der Waals surface area contributed by atoms with Gasteiger partial charge in [0, 0.05) is 16.7 Å². The second kappa shape index (κ2) is 9.03. The summed E-state index contributed by atoms with van der Waals surface area (Å²) >= 11 is 0. The lowest BCUT2D eigenvalue weighted by molar-refractivity contribution is 0.0928. The van der Waals surface area contributed by atoms with Gasteiger partial charge in [-0.3, -0.25) is 4.79 Å². The predicted molar refractivity (Wildman–Crippen MR) is 173 cm³/mol. The molecule has 42 heavy (non-hydrogen) atoms. The highest BCUT2D eigenvalue weighted by Crippen LogP contribution is 2.56. The van der Waals surface area contributed by atoms with E-state index < -0.39 is 5.41 Å². The Balaban J connectivity index is 1.27. The van der Waals surface area contributed by atoms with Crippen LogP contribution in [0, 0.1) is 0 Å². The van der Waals surface area contributed by atoms with Crippen LogP contribution in [0.25, 0.3) is 27.8 Å². The number of allylic oxidation sites excluding steroid dienone is 2. The van der Waals surface area contributed by atoms with Crippen molar-refractivity contribution in [1.29, 1.82) is 0 Å². The van der Waals surface area contributed by atoms with E-state index >= 15 is 0 Å². The maximum Gasteiger partial charge on any atom is 0.180 e. The molecule has 0 aromatic heterocycles. The lowest BCUT2D eigenvalue weighted by Gasteiger charge is -2.40. The lowest BCUT2D eigenvalue weighted by Crippen LogP contribution is -2.48. The molecule has 0 amide bonds. The summed E-state index contributed by atoms with van der Waals surface area (Å²) in [5.74, 6) is 0.153. The van der Waals surface area contributed by atoms with Crippen LogP contribution in [0.15, 0.2) is 140 Å². The Morgan fingerprint density at radius 2 is 1.26 bits per heavy atom. The first-order valence-corrected chi connectivity index (χ1v) is 14.7. The summed E-state index contributed by atoms with van der Waals surface area (Å²) in [6.07, 6.45) is 6.41. The molecule has 0 fully saturated rings. The van der Waals surface area contributed by atoms with E-state index in [0.29, 0.717) is 0 Å². The van der Waals surface area contributed by atoms with Gasteiger partial charge in [0.15, 0.2) is 5.78 Å². The fourth-order valence-electron chi connectivity index (χ4n) is 7.54. The minimum atomic E-state index is -0.879. The van der Waals surface area contributed by atoms with Crippen molar-refractivity contribution in [3.05, 3.63) is 167 Å². The van der Waals surface area contributed by atoms with E-state index in [1.165, 1.54) is 33.4 Å². The second-order valence-corrected chi connectivity index (χ2v) is 12.1. The first-order valence-electron chi connectivity index (χ1n) is 14.7. The molecule has 5 aromatic rings. The molecule has 2 unspecified atom stereocenters. The van der Waals surface area contributed by atoms with Crippen molar-refractivity contribution in [1.82, 2.24) is 0 Å². The molecule has 5 aromatic carbocycles. The van der Waals surface area contributed by atoms with Gasteiger partial charge >= 0.3 is 0 Å². The number of benzene rings is 5. The molecular weight excluding hydrogens is 510 g/mol. The Hall–Kier alpha value is -4.95. The van der Waals surface area contributed by atoms with Crippen LogP contribution in [0.3, 0.4) is 0 Å². The molecule has 0 heterocycles. The van der Waals surface area contributed by atoms with Gasteiger partial charge in [-0.15, -0.1) is 0 Å². The zero-order chi connectivity index (χ0) is 28.5. The summed E-state index contributed by atoms with van der Waals surface area (Å²) in [6.45, 7) is 4.59. The molecule has 1 N–H and O–H groups in total. The molecule has 8 rings (SSSR count). The normalized spacial score (nSPS) is 20.8. The van der Waals surface area contributed by atoms with E-state index in [1.807, 2.05) is 24.3 Å². The molecule has 3 aliphatic carbocycles. The molecule has 0 spiro atoms. The van der Waals surface area contributed by atoms with Crippen molar-refractivity contribution in [2.24, 2.45) is 0 Å². The SMILES string of the molecule is CC1(C)c2ccccc2-c2ccc(C34C(=O)c5ccccc5C3=CC=CC4Nc3ccc(-c4ccccc4)cc3)cc21. The van der Waals surface area contributed by atoms with E-state index in [-0.39, 0.29) is 17.2 Å². The highest BCUT2D eigenvalue weighted by molar-refractivity contribution is 6.22. The summed E-state index contributed by atoms with van der Waals surface area (Å²) < 4.78 is 0. The number of anilines is 1. The van der Waals surface area contributed by atoms with Crippen LogP contribution in [0.5, 0.6) is 0 Å². The van der Waals surface area contributed by atoms with E-state index in [1.54, 1.807) is 0 Å². The molecule has 0 saturated carbocycles. The third kappa shape index (κ3) is 3.36. The Kier molecular flexibility index (Phi) is 5.33. The molecule has 2 heteroatoms. The fraction of sp³-hybridized carbons (Fsp3) is 0.125. The number of hydrogen-bond acceptors (Lipinski definition) is 2. The number of nitrogens with one attached hydrogen (secondary N) is 1. The fourth-order valence-corrected chi connectivity index (χ4v) is 7.54. The molecule has 0 aliphatic heterocycles. The van der Waals surface area contributed by atoms with Gasteiger partial charge in [0.2, 0.25) is 0 Å². The number of carbonyl (C=O) groups is 1. The Morgan fingerprint density at radius 1 is 0.619 bits per heavy atom. The van der Waals surface area contributed by atoms with Gasteiger partial charge in [-0.05, 0) is 62.2 Å². The number of hydrogen-bond donors (Lipinski definition) is 1. The van der Waals surface area contributed by atoms with Crippen LogP contribution < -0.4 is 5.32 Å². The summed E-state index contributed by atoms with van der Waals surface area (Å²) in [4.78, 5) is 14.8. The van der Waals surface area contributed by atoms with Crippen LogP contribution >= 0.6 is 0 Å². The van der Waals surface area contributed by atoms with E-state index in [4.69, 9.17) is 0 Å². The standard InChI is InChI=1S/C40H31NO/c1-39(2)34-16-9-8-13-30(34)32-24-21-28(25-36(32)39)40-35(31-14-6-7-15-33(31)38(40)42)17-10-18-37(40)41-29-22-19-27(20-23-29)26-11-4-3-5-12-26/h3-25,37,41H,1-2H3. The number of rotatable bonds is 4. The summed E-state index contributed by atoms with van der Waals surface area (Å²) in [5, 5.41) is 3.79. The summed E-state index contributed by atoms with van der Waals surface area (Å²) in [6, 6.07) is 42.2. The van der Waals surface area contributed by atoms with Gasteiger partial charge in [-0.25, -0.2) is 0 Å². The molecule has 0 radical (unpaired) electrons. The van der Waals surface area contributed by atoms with Crippen LogP contribution in [-0.4, -0.2) is 11.8 Å². The third-order valence-electron chi connectivity index (χ3n) is 9.63. The van der Waals surface area contributed by atoms with Crippen molar-refractivity contribution in [3.8, 4) is 22.3 Å². The highest BCUT2D eigenvalue weighted by atomic mass is 16.1. The number of Topliss-reactive ketones (excluding diaryl/α,β-unsaturated/α-hetero) is 1. The van der Waals surface area contributed by atoms with Gasteiger partial charge in [-0.2, -0.15) is 0 Å². The molecule has 202 valence electrons. The van der Waals surface area contributed by atoms with Crippen molar-refractivity contribution < 1.29 is 4.79 Å². The number of fused-ring (bicyclic) bond motifs is 6. The topological polar surface area (TPSA) is 29.1 Å². The van der Waals surface area contributed by atoms with Gasteiger partial charge in [0.05, 0.1) is 6.04 Å². The number of ketones is 1. The highest BCUT2D eigenvalue weighted by Gasteiger charge is 2.56. The maximum absolute atomic E-state index is 14.8. The van der Waals surface area contributed by atoms with Crippen molar-refractivity contribution >= 4 is 17.0 Å². The monoisotopic (exact) mass is 541 g/mol. The first-order chi connectivity index (χ1) is 20.5. The molecule has 0 bridgehead atoms. The van der Waals surface area contributed by atoms with Crippen molar-refractivity contribution in [2.75, 3.05) is 5.32 Å². The van der Waals surface area contributed by atoms with Crippen LogP contribution in [-0.2, 0) is 10.8 Å². The molecule has 2 nitrogen and oxygen atoms in total. The molecule has 2 atom stereocenters. The largest absolute Gasteiger partial charge is 0.377 e. The quantitative estimate of drug-likeness (QED) is 0.246. The molecule has 3 aliphatic rings. The summed E-state index contributed by atoms with van der Waals surface area (Å²) in [5.41, 5.74) is 11.4. The van der Waals surface area contributed by atoms with Crippen molar-refractivity contribution in [3.63, 3.8) is 0 Å². The van der Waals surface area contributed by atoms with E-state index in [2.05, 4.69) is 134 Å². The zero-order valence-corrected chi connectivity index (χ0v) is 23.8. The van der Waals surface area contributed by atoms with Gasteiger partial charge in [0.1, 0.15) is 5.41 Å². The predicted octanol–water partition coefficient (Wildman–Crippen LogP) is 9.23. The first kappa shape index (κ1) is 24.8. The maximum atomic E-state index is 14.8. The van der Waals surface area contributed by atoms with Crippen LogP contribution in [0.1, 0.15) is 46.5 Å². The van der Waals surface area contributed by atoms with Gasteiger partial charge in [0.25, 0.3) is 0 Å². The van der Waals surface area contributed by atoms with Crippen molar-refractivity contribution in [2.45, 2.75) is 30.7 Å². The average molecular weight is 542 g/mol. The van der Waals surface area contributed by atoms with Gasteiger partial charge < -0.3 is 5.32 Å². The Labute approximate surface area is 247 Å². The summed E-state index contributed by atoms with van der Waals surface area (Å²) in [7, 11) is 0. The zero-order valence-electron chi connectivity index (χ0n) is 23.8. The average Bonchev–Trinajstić information content (AvgIpc) is 3.44. The van der Waals surface area contributed by atoms with Gasteiger partial charge in [-0.1, -0.05) is 141 Å². The Bertz CT molecular complexity index is 1940. The second-order valence-electron chi connectivity index (χ2n) is 12.1. The minimum Gasteiger partial charge on any atom is -0.377 e. The van der Waals surface area contributed by atoms with Crippen LogP contribution in [0.2, 0.25) is 0 Å². The minimum absolute atomic E-state index is 0.153. The number of carbonyl (C=O) groups excluding carboxylic acids is 1. The Morgan fingerprint density at radius 3 is 2.05 bits per heavy atom. The smallest absolute Gasteiger partial charge is 0.180 e. The molecular formula is C40H31NO. The van der Waals surface area contributed by atoms with Crippen LogP contribution in [0.4, 0.5) is 5.69 Å². The third-order valence-corrected chi connectivity index (χ3v) is 9.63.